The van der Waals surface area contributed by atoms with Gasteiger partial charge in [-0.25, -0.2) is 0 Å². The van der Waals surface area contributed by atoms with Crippen LogP contribution >= 0.6 is 11.3 Å². The molecule has 0 spiro atoms. The van der Waals surface area contributed by atoms with E-state index in [1.54, 1.807) is 12.1 Å². The zero-order chi connectivity index (χ0) is 10.1. The van der Waals surface area contributed by atoms with Crippen LogP contribution in [-0.2, 0) is 0 Å². The van der Waals surface area contributed by atoms with Gasteiger partial charge in [0.2, 0.25) is 0 Å². The maximum absolute atomic E-state index is 11.3. The van der Waals surface area contributed by atoms with Crippen molar-refractivity contribution in [1.82, 2.24) is 0 Å². The fraction of sp³-hybridized carbons (Fsp3) is 0.0909. The molecule has 1 aromatic heterocycles. The second-order valence-corrected chi connectivity index (χ2v) is 4.13. The fourth-order valence-electron chi connectivity index (χ4n) is 1.42. The Bertz CT molecular complexity index is 511. The van der Waals surface area contributed by atoms with Gasteiger partial charge in [-0.2, -0.15) is 0 Å². The van der Waals surface area contributed by atoms with Crippen molar-refractivity contribution in [2.45, 2.75) is 6.92 Å². The van der Waals surface area contributed by atoms with Crippen LogP contribution in [0.5, 0.6) is 0 Å². The lowest BCUT2D eigenvalue weighted by molar-refractivity contribution is 0.101. The van der Waals surface area contributed by atoms with Crippen molar-refractivity contribution in [2.24, 2.45) is 0 Å². The van der Waals surface area contributed by atoms with Gasteiger partial charge in [0.05, 0.1) is 4.88 Å². The molecule has 0 bridgehead atoms. The van der Waals surface area contributed by atoms with Crippen molar-refractivity contribution in [3.63, 3.8) is 0 Å². The number of rotatable bonds is 2. The third kappa shape index (κ3) is 1.36. The highest BCUT2D eigenvalue weighted by Gasteiger charge is 2.08. The molecule has 0 fully saturated rings. The van der Waals surface area contributed by atoms with E-state index in [0.29, 0.717) is 10.4 Å². The number of aldehydes is 1. The second-order valence-electron chi connectivity index (χ2n) is 3.05. The van der Waals surface area contributed by atoms with E-state index in [9.17, 15) is 9.59 Å². The number of hydrogen-bond donors (Lipinski definition) is 0. The van der Waals surface area contributed by atoms with Crippen molar-refractivity contribution in [1.29, 1.82) is 0 Å². The minimum atomic E-state index is 0.0369. The maximum Gasteiger partial charge on any atom is 0.161 e. The van der Waals surface area contributed by atoms with Crippen LogP contribution < -0.4 is 0 Å². The molecule has 1 heterocycles. The van der Waals surface area contributed by atoms with Crippen molar-refractivity contribution in [2.75, 3.05) is 0 Å². The van der Waals surface area contributed by atoms with Crippen molar-refractivity contribution >= 4 is 33.5 Å². The average molecular weight is 204 g/mol. The van der Waals surface area contributed by atoms with Gasteiger partial charge in [-0.15, -0.1) is 11.3 Å². The molecule has 70 valence electrons. The summed E-state index contributed by atoms with van der Waals surface area (Å²) in [4.78, 5) is 22.5. The minimum absolute atomic E-state index is 0.0369. The normalized spacial score (nSPS) is 10.4. The van der Waals surface area contributed by atoms with Gasteiger partial charge in [0.25, 0.3) is 0 Å². The first kappa shape index (κ1) is 9.09. The minimum Gasteiger partial charge on any atom is -0.297 e. The molecule has 0 unspecified atom stereocenters. The lowest BCUT2D eigenvalue weighted by Gasteiger charge is -1.95. The van der Waals surface area contributed by atoms with Crippen molar-refractivity contribution in [3.8, 4) is 0 Å². The standard InChI is InChI=1S/C11H8O2S/c1-7(13)10-4-2-3-8-5-9(6-12)14-11(8)10/h2-6H,1H3. The van der Waals surface area contributed by atoms with Crippen LogP contribution in [0, 0.1) is 0 Å². The lowest BCUT2D eigenvalue weighted by Crippen LogP contribution is -1.90. The molecular weight excluding hydrogens is 196 g/mol. The van der Waals surface area contributed by atoms with Gasteiger partial charge in [0, 0.05) is 10.3 Å². The van der Waals surface area contributed by atoms with Crippen LogP contribution in [0.1, 0.15) is 27.0 Å². The molecule has 14 heavy (non-hydrogen) atoms. The van der Waals surface area contributed by atoms with E-state index in [1.807, 2.05) is 12.1 Å². The largest absolute Gasteiger partial charge is 0.297 e. The molecule has 0 saturated carbocycles. The molecule has 0 aliphatic carbocycles. The molecule has 2 aromatic rings. The Morgan fingerprint density at radius 2 is 2.21 bits per heavy atom. The summed E-state index contributed by atoms with van der Waals surface area (Å²) in [7, 11) is 0. The first-order chi connectivity index (χ1) is 6.72. The van der Waals surface area contributed by atoms with E-state index in [4.69, 9.17) is 0 Å². The molecular formula is C11H8O2S. The van der Waals surface area contributed by atoms with Crippen LogP contribution in [0.25, 0.3) is 10.1 Å². The Kier molecular flexibility index (Phi) is 2.17. The number of hydrogen-bond acceptors (Lipinski definition) is 3. The highest BCUT2D eigenvalue weighted by Crippen LogP contribution is 2.28. The monoisotopic (exact) mass is 204 g/mol. The number of carbonyl (C=O) groups is 2. The average Bonchev–Trinajstić information content (AvgIpc) is 2.59. The van der Waals surface area contributed by atoms with E-state index in [-0.39, 0.29) is 5.78 Å². The summed E-state index contributed by atoms with van der Waals surface area (Å²) < 4.78 is 0.905. The Balaban J connectivity index is 2.79. The summed E-state index contributed by atoms with van der Waals surface area (Å²) in [6.07, 6.45) is 0.814. The Hall–Kier alpha value is -1.48. The zero-order valence-corrected chi connectivity index (χ0v) is 8.43. The predicted molar refractivity (Wildman–Crippen MR) is 57.2 cm³/mol. The number of thiophene rings is 1. The molecule has 0 amide bonds. The van der Waals surface area contributed by atoms with Crippen molar-refractivity contribution < 1.29 is 9.59 Å². The Labute approximate surface area is 85.2 Å². The summed E-state index contributed by atoms with van der Waals surface area (Å²) in [6.45, 7) is 1.54. The molecule has 2 nitrogen and oxygen atoms in total. The molecule has 0 aliphatic heterocycles. The van der Waals surface area contributed by atoms with Gasteiger partial charge in [-0.05, 0) is 24.4 Å². The van der Waals surface area contributed by atoms with Gasteiger partial charge in [-0.3, -0.25) is 9.59 Å². The third-order valence-electron chi connectivity index (χ3n) is 2.06. The van der Waals surface area contributed by atoms with Gasteiger partial charge >= 0.3 is 0 Å². The maximum atomic E-state index is 11.3. The summed E-state index contributed by atoms with van der Waals surface area (Å²) in [5.74, 6) is 0.0369. The molecule has 0 saturated heterocycles. The highest BCUT2D eigenvalue weighted by atomic mass is 32.1. The van der Waals surface area contributed by atoms with Crippen LogP contribution in [-0.4, -0.2) is 12.1 Å². The molecule has 0 atom stereocenters. The Morgan fingerprint density at radius 3 is 2.86 bits per heavy atom. The molecule has 3 heteroatoms. The Morgan fingerprint density at radius 1 is 1.43 bits per heavy atom. The SMILES string of the molecule is CC(=O)c1cccc2cc(C=O)sc12. The summed E-state index contributed by atoms with van der Waals surface area (Å²) >= 11 is 1.36. The highest BCUT2D eigenvalue weighted by molar-refractivity contribution is 7.20. The van der Waals surface area contributed by atoms with E-state index in [0.717, 1.165) is 16.4 Å². The predicted octanol–water partition coefficient (Wildman–Crippen LogP) is 2.92. The molecule has 1 aromatic carbocycles. The van der Waals surface area contributed by atoms with E-state index in [1.165, 1.54) is 18.3 Å². The lowest BCUT2D eigenvalue weighted by atomic mass is 10.1. The zero-order valence-electron chi connectivity index (χ0n) is 7.61. The summed E-state index contributed by atoms with van der Waals surface area (Å²) in [5, 5.41) is 0.963. The summed E-state index contributed by atoms with van der Waals surface area (Å²) in [5.41, 5.74) is 0.695. The number of Topliss-reactive ketones (excluding diaryl/α,β-unsaturated/α-hetero) is 1. The van der Waals surface area contributed by atoms with Gasteiger partial charge < -0.3 is 0 Å². The van der Waals surface area contributed by atoms with Crippen LogP contribution in [0.4, 0.5) is 0 Å². The number of carbonyl (C=O) groups excluding carboxylic acids is 2. The molecule has 2 rings (SSSR count). The first-order valence-electron chi connectivity index (χ1n) is 4.21. The summed E-state index contributed by atoms with van der Waals surface area (Å²) in [6, 6.07) is 7.33. The van der Waals surface area contributed by atoms with E-state index >= 15 is 0 Å². The first-order valence-corrected chi connectivity index (χ1v) is 5.02. The number of benzene rings is 1. The van der Waals surface area contributed by atoms with Gasteiger partial charge in [0.15, 0.2) is 12.1 Å². The van der Waals surface area contributed by atoms with Gasteiger partial charge in [-0.1, -0.05) is 12.1 Å². The van der Waals surface area contributed by atoms with Crippen LogP contribution in [0.3, 0.4) is 0 Å². The van der Waals surface area contributed by atoms with Crippen LogP contribution in [0.15, 0.2) is 24.3 Å². The van der Waals surface area contributed by atoms with Gasteiger partial charge in [0.1, 0.15) is 0 Å². The van der Waals surface area contributed by atoms with E-state index < -0.39 is 0 Å². The van der Waals surface area contributed by atoms with Crippen LogP contribution in [0.2, 0.25) is 0 Å². The quantitative estimate of drug-likeness (QED) is 0.556. The molecule has 0 radical (unpaired) electrons. The van der Waals surface area contributed by atoms with Crippen molar-refractivity contribution in [3.05, 3.63) is 34.7 Å². The fourth-order valence-corrected chi connectivity index (χ4v) is 2.45. The topological polar surface area (TPSA) is 34.1 Å². The second kappa shape index (κ2) is 3.35. The number of fused-ring (bicyclic) bond motifs is 1. The smallest absolute Gasteiger partial charge is 0.161 e. The molecule has 0 N–H and O–H groups in total. The van der Waals surface area contributed by atoms with E-state index in [2.05, 4.69) is 0 Å². The molecule has 0 aliphatic rings. The number of ketones is 1. The third-order valence-corrected chi connectivity index (χ3v) is 3.17.